The third-order valence-electron chi connectivity index (χ3n) is 4.88. The monoisotopic (exact) mass is 353 g/mol. The Kier molecular flexibility index (Phi) is 5.40. The van der Waals surface area contributed by atoms with E-state index in [4.69, 9.17) is 0 Å². The SMILES string of the molecule is CC(=O)N1CCN(c2cc(Nc3c(C)cccc3C(C)C)ncn2)CC1. The number of benzene rings is 1. The van der Waals surface area contributed by atoms with Gasteiger partial charge in [-0.25, -0.2) is 9.97 Å². The van der Waals surface area contributed by atoms with E-state index in [0.29, 0.717) is 5.92 Å². The summed E-state index contributed by atoms with van der Waals surface area (Å²) in [6.45, 7) is 11.2. The number of piperazine rings is 1. The van der Waals surface area contributed by atoms with Crippen LogP contribution in [0, 0.1) is 6.92 Å². The Morgan fingerprint density at radius 1 is 1.15 bits per heavy atom. The molecule has 2 heterocycles. The molecule has 1 saturated heterocycles. The lowest BCUT2D eigenvalue weighted by atomic mass is 9.98. The van der Waals surface area contributed by atoms with E-state index in [2.05, 4.69) is 59.2 Å². The van der Waals surface area contributed by atoms with Gasteiger partial charge in [-0.2, -0.15) is 0 Å². The highest BCUT2D eigenvalue weighted by atomic mass is 16.2. The number of anilines is 3. The van der Waals surface area contributed by atoms with Crippen LogP contribution in [0.4, 0.5) is 17.3 Å². The van der Waals surface area contributed by atoms with Crippen LogP contribution in [0.3, 0.4) is 0 Å². The van der Waals surface area contributed by atoms with Crippen LogP contribution in [-0.4, -0.2) is 47.0 Å². The third-order valence-corrected chi connectivity index (χ3v) is 4.88. The fraction of sp³-hybridized carbons (Fsp3) is 0.450. The number of hydrogen-bond donors (Lipinski definition) is 1. The molecule has 1 aliphatic rings. The second-order valence-electron chi connectivity index (χ2n) is 7.07. The second-order valence-corrected chi connectivity index (χ2v) is 7.07. The van der Waals surface area contributed by atoms with Gasteiger partial charge in [0.05, 0.1) is 0 Å². The molecule has 0 saturated carbocycles. The molecule has 0 spiro atoms. The van der Waals surface area contributed by atoms with E-state index < -0.39 is 0 Å². The molecule has 6 heteroatoms. The van der Waals surface area contributed by atoms with Crippen molar-refractivity contribution in [2.45, 2.75) is 33.6 Å². The minimum atomic E-state index is 0.135. The van der Waals surface area contributed by atoms with Crippen molar-refractivity contribution < 1.29 is 4.79 Å². The van der Waals surface area contributed by atoms with Crippen LogP contribution < -0.4 is 10.2 Å². The molecule has 1 aromatic heterocycles. The van der Waals surface area contributed by atoms with Crippen LogP contribution in [0.5, 0.6) is 0 Å². The largest absolute Gasteiger partial charge is 0.353 e. The Hall–Kier alpha value is -2.63. The zero-order valence-electron chi connectivity index (χ0n) is 16.0. The van der Waals surface area contributed by atoms with Crippen molar-refractivity contribution in [3.8, 4) is 0 Å². The lowest BCUT2D eigenvalue weighted by molar-refractivity contribution is -0.129. The van der Waals surface area contributed by atoms with Crippen molar-refractivity contribution >= 4 is 23.2 Å². The van der Waals surface area contributed by atoms with Crippen LogP contribution in [0.2, 0.25) is 0 Å². The lowest BCUT2D eigenvalue weighted by Crippen LogP contribution is -2.48. The van der Waals surface area contributed by atoms with Gasteiger partial charge in [-0.15, -0.1) is 0 Å². The Balaban J connectivity index is 1.78. The summed E-state index contributed by atoms with van der Waals surface area (Å²) in [6.07, 6.45) is 1.60. The first-order valence-electron chi connectivity index (χ1n) is 9.14. The van der Waals surface area contributed by atoms with Crippen LogP contribution in [0.15, 0.2) is 30.6 Å². The van der Waals surface area contributed by atoms with Crippen molar-refractivity contribution in [1.29, 1.82) is 0 Å². The number of nitrogens with zero attached hydrogens (tertiary/aromatic N) is 4. The summed E-state index contributed by atoms with van der Waals surface area (Å²) in [4.78, 5) is 24.4. The van der Waals surface area contributed by atoms with Gasteiger partial charge in [-0.3, -0.25) is 4.79 Å². The Morgan fingerprint density at radius 2 is 1.88 bits per heavy atom. The van der Waals surface area contributed by atoms with E-state index in [1.165, 1.54) is 11.1 Å². The molecule has 0 atom stereocenters. The van der Waals surface area contributed by atoms with Gasteiger partial charge >= 0.3 is 0 Å². The number of carbonyl (C=O) groups is 1. The van der Waals surface area contributed by atoms with Crippen molar-refractivity contribution in [3.05, 3.63) is 41.7 Å². The fourth-order valence-corrected chi connectivity index (χ4v) is 3.31. The second kappa shape index (κ2) is 7.72. The van der Waals surface area contributed by atoms with Crippen LogP contribution in [0.1, 0.15) is 37.8 Å². The van der Waals surface area contributed by atoms with E-state index in [0.717, 1.165) is 43.5 Å². The Morgan fingerprint density at radius 3 is 2.54 bits per heavy atom. The van der Waals surface area contributed by atoms with Gasteiger partial charge in [0.15, 0.2) is 0 Å². The molecule has 138 valence electrons. The molecule has 2 aromatic rings. The van der Waals surface area contributed by atoms with Crippen LogP contribution in [-0.2, 0) is 4.79 Å². The summed E-state index contributed by atoms with van der Waals surface area (Å²) >= 11 is 0. The molecular weight excluding hydrogens is 326 g/mol. The highest BCUT2D eigenvalue weighted by molar-refractivity contribution is 5.73. The number of aryl methyl sites for hydroxylation is 1. The number of aromatic nitrogens is 2. The minimum absolute atomic E-state index is 0.135. The van der Waals surface area contributed by atoms with Gasteiger partial charge < -0.3 is 15.1 Å². The van der Waals surface area contributed by atoms with Crippen molar-refractivity contribution in [1.82, 2.24) is 14.9 Å². The van der Waals surface area contributed by atoms with E-state index >= 15 is 0 Å². The number of rotatable bonds is 4. The summed E-state index contributed by atoms with van der Waals surface area (Å²) in [5.41, 5.74) is 3.60. The zero-order valence-corrected chi connectivity index (χ0v) is 16.0. The van der Waals surface area contributed by atoms with Gasteiger partial charge in [-0.05, 0) is 24.0 Å². The Bertz CT molecular complexity index is 782. The molecule has 0 radical (unpaired) electrons. The summed E-state index contributed by atoms with van der Waals surface area (Å²) in [6, 6.07) is 8.34. The van der Waals surface area contributed by atoms with Crippen molar-refractivity contribution in [3.63, 3.8) is 0 Å². The standard InChI is InChI=1S/C20H27N5O/c1-14(2)17-7-5-6-15(3)20(17)23-18-12-19(22-13-21-18)25-10-8-24(9-11-25)16(4)26/h5-7,12-14H,8-11H2,1-4H3,(H,21,22,23). The first-order chi connectivity index (χ1) is 12.5. The van der Waals surface area contributed by atoms with Crippen molar-refractivity contribution in [2.75, 3.05) is 36.4 Å². The van der Waals surface area contributed by atoms with E-state index in [9.17, 15) is 4.79 Å². The zero-order chi connectivity index (χ0) is 18.7. The summed E-state index contributed by atoms with van der Waals surface area (Å²) in [5, 5.41) is 3.49. The molecule has 1 N–H and O–H groups in total. The molecule has 0 aliphatic carbocycles. The molecule has 3 rings (SSSR count). The van der Waals surface area contributed by atoms with Crippen LogP contribution >= 0.6 is 0 Å². The molecule has 1 aromatic carbocycles. The quantitative estimate of drug-likeness (QED) is 0.914. The topological polar surface area (TPSA) is 61.4 Å². The maximum Gasteiger partial charge on any atom is 0.219 e. The van der Waals surface area contributed by atoms with Gasteiger partial charge in [0.2, 0.25) is 5.91 Å². The Labute approximate surface area is 155 Å². The van der Waals surface area contributed by atoms with E-state index in [-0.39, 0.29) is 5.91 Å². The first kappa shape index (κ1) is 18.2. The highest BCUT2D eigenvalue weighted by Gasteiger charge is 2.20. The predicted molar refractivity (Wildman–Crippen MR) is 105 cm³/mol. The van der Waals surface area contributed by atoms with E-state index in [1.54, 1.807) is 13.3 Å². The number of nitrogens with one attached hydrogen (secondary N) is 1. The van der Waals surface area contributed by atoms with Crippen molar-refractivity contribution in [2.24, 2.45) is 0 Å². The average molecular weight is 353 g/mol. The smallest absolute Gasteiger partial charge is 0.219 e. The third kappa shape index (κ3) is 3.95. The summed E-state index contributed by atoms with van der Waals surface area (Å²) in [7, 11) is 0. The molecule has 1 aliphatic heterocycles. The molecule has 1 fully saturated rings. The lowest BCUT2D eigenvalue weighted by Gasteiger charge is -2.34. The molecular formula is C20H27N5O. The normalized spacial score (nSPS) is 14.7. The molecule has 0 unspecified atom stereocenters. The number of amides is 1. The van der Waals surface area contributed by atoms with Gasteiger partial charge in [0, 0.05) is 44.9 Å². The number of carbonyl (C=O) groups excluding carboxylic acids is 1. The molecule has 1 amide bonds. The van der Waals surface area contributed by atoms with Gasteiger partial charge in [0.25, 0.3) is 0 Å². The predicted octanol–water partition coefficient (Wildman–Crippen LogP) is 3.32. The molecule has 26 heavy (non-hydrogen) atoms. The molecule has 6 nitrogen and oxygen atoms in total. The maximum absolute atomic E-state index is 11.5. The highest BCUT2D eigenvalue weighted by Crippen LogP contribution is 2.30. The number of hydrogen-bond acceptors (Lipinski definition) is 5. The van der Waals surface area contributed by atoms with Gasteiger partial charge in [0.1, 0.15) is 18.0 Å². The summed E-state index contributed by atoms with van der Waals surface area (Å²) in [5.74, 6) is 2.25. The van der Waals surface area contributed by atoms with Crippen LogP contribution in [0.25, 0.3) is 0 Å². The molecule has 0 bridgehead atoms. The van der Waals surface area contributed by atoms with Gasteiger partial charge in [-0.1, -0.05) is 32.0 Å². The fourth-order valence-electron chi connectivity index (χ4n) is 3.31. The number of para-hydroxylation sites is 1. The van der Waals surface area contributed by atoms with E-state index in [1.807, 2.05) is 11.0 Å². The first-order valence-corrected chi connectivity index (χ1v) is 9.14. The maximum atomic E-state index is 11.5. The summed E-state index contributed by atoms with van der Waals surface area (Å²) < 4.78 is 0. The average Bonchev–Trinajstić information content (AvgIpc) is 2.63. The minimum Gasteiger partial charge on any atom is -0.353 e.